The molecule has 21 heavy (non-hydrogen) atoms. The highest BCUT2D eigenvalue weighted by atomic mass is 79.9. The highest BCUT2D eigenvalue weighted by molar-refractivity contribution is 9.10. The van der Waals surface area contributed by atoms with Gasteiger partial charge in [-0.3, -0.25) is 4.90 Å². The zero-order valence-electron chi connectivity index (χ0n) is 11.8. The fraction of sp³-hybridized carbons (Fsp3) is 0.538. The van der Waals surface area contributed by atoms with E-state index in [1.807, 2.05) is 0 Å². The van der Waals surface area contributed by atoms with Crippen molar-refractivity contribution in [1.82, 2.24) is 9.80 Å². The van der Waals surface area contributed by atoms with E-state index in [2.05, 4.69) is 32.8 Å². The Kier molecular flexibility index (Phi) is 5.90. The van der Waals surface area contributed by atoms with E-state index in [4.69, 9.17) is 15.4 Å². The Bertz CT molecular complexity index is 589. The van der Waals surface area contributed by atoms with Gasteiger partial charge in [0.25, 0.3) is 9.05 Å². The van der Waals surface area contributed by atoms with E-state index in [0.29, 0.717) is 16.8 Å². The molecule has 2 rings (SSSR count). The summed E-state index contributed by atoms with van der Waals surface area (Å²) >= 11 is 3.23. The lowest BCUT2D eigenvalue weighted by molar-refractivity contribution is 0.133. The molecule has 5 nitrogen and oxygen atoms in total. The van der Waals surface area contributed by atoms with Gasteiger partial charge in [0.1, 0.15) is 17.3 Å². The second-order valence-corrected chi connectivity index (χ2v) is 8.47. The first-order chi connectivity index (χ1) is 9.86. The number of piperazine rings is 1. The molecule has 1 saturated heterocycles. The van der Waals surface area contributed by atoms with E-state index in [-0.39, 0.29) is 4.90 Å². The number of ether oxygens (including phenoxy) is 1. The average molecular weight is 398 g/mol. The lowest BCUT2D eigenvalue weighted by Crippen LogP contribution is -2.45. The molecular weight excluding hydrogens is 380 g/mol. The van der Waals surface area contributed by atoms with Crippen molar-refractivity contribution in [2.75, 3.05) is 46.4 Å². The number of rotatable bonds is 5. The normalized spacial score (nSPS) is 17.9. The van der Waals surface area contributed by atoms with Crippen molar-refractivity contribution >= 4 is 35.7 Å². The summed E-state index contributed by atoms with van der Waals surface area (Å²) in [6, 6.07) is 4.80. The Morgan fingerprint density at radius 3 is 2.57 bits per heavy atom. The number of likely N-dealkylation sites (N-methyl/N-ethyl adjacent to an activating group) is 1. The Hall–Kier alpha value is -0.340. The van der Waals surface area contributed by atoms with Gasteiger partial charge < -0.3 is 9.64 Å². The molecule has 0 aliphatic carbocycles. The fourth-order valence-electron chi connectivity index (χ4n) is 2.15. The Morgan fingerprint density at radius 1 is 1.29 bits per heavy atom. The van der Waals surface area contributed by atoms with Crippen LogP contribution in [0.5, 0.6) is 5.75 Å². The van der Waals surface area contributed by atoms with Crippen LogP contribution >= 0.6 is 26.6 Å². The minimum absolute atomic E-state index is 0.00285. The average Bonchev–Trinajstić information content (AvgIpc) is 2.41. The summed E-state index contributed by atoms with van der Waals surface area (Å²) in [5, 5.41) is 0. The van der Waals surface area contributed by atoms with Crippen molar-refractivity contribution in [2.24, 2.45) is 0 Å². The van der Waals surface area contributed by atoms with Gasteiger partial charge in [0.2, 0.25) is 0 Å². The van der Waals surface area contributed by atoms with E-state index < -0.39 is 9.05 Å². The van der Waals surface area contributed by atoms with Gasteiger partial charge in [0.05, 0.1) is 0 Å². The predicted molar refractivity (Wildman–Crippen MR) is 86.6 cm³/mol. The van der Waals surface area contributed by atoms with Crippen LogP contribution in [0.2, 0.25) is 0 Å². The third-order valence-electron chi connectivity index (χ3n) is 3.43. The maximum absolute atomic E-state index is 11.6. The first kappa shape index (κ1) is 17.0. The maximum Gasteiger partial charge on any atom is 0.265 e. The monoisotopic (exact) mass is 396 g/mol. The van der Waals surface area contributed by atoms with Gasteiger partial charge in [-0.15, -0.1) is 0 Å². The van der Waals surface area contributed by atoms with Gasteiger partial charge >= 0.3 is 0 Å². The number of hydrogen-bond acceptors (Lipinski definition) is 5. The summed E-state index contributed by atoms with van der Waals surface area (Å²) in [5.74, 6) is 0.294. The van der Waals surface area contributed by atoms with Gasteiger partial charge in [-0.1, -0.05) is 15.9 Å². The second-order valence-electron chi connectivity index (χ2n) is 5.02. The molecule has 8 heteroatoms. The summed E-state index contributed by atoms with van der Waals surface area (Å²) < 4.78 is 29.4. The van der Waals surface area contributed by atoms with Crippen molar-refractivity contribution in [3.05, 3.63) is 22.7 Å². The molecule has 0 spiro atoms. The van der Waals surface area contributed by atoms with Crippen molar-refractivity contribution in [2.45, 2.75) is 4.90 Å². The highest BCUT2D eigenvalue weighted by Crippen LogP contribution is 2.30. The maximum atomic E-state index is 11.6. The molecule has 0 bridgehead atoms. The van der Waals surface area contributed by atoms with Crippen molar-refractivity contribution < 1.29 is 13.2 Å². The molecule has 1 heterocycles. The van der Waals surface area contributed by atoms with Crippen LogP contribution in [0.25, 0.3) is 0 Å². The van der Waals surface area contributed by atoms with Gasteiger partial charge in [-0.05, 0) is 25.2 Å². The van der Waals surface area contributed by atoms with Gasteiger partial charge in [-0.25, -0.2) is 8.42 Å². The van der Waals surface area contributed by atoms with E-state index >= 15 is 0 Å². The van der Waals surface area contributed by atoms with E-state index in [1.165, 1.54) is 6.07 Å². The standard InChI is InChI=1S/C13H18BrClN2O3S/c1-16-4-6-17(7-5-16)8-9-20-12-3-2-11(14)10-13(12)21(15,18)19/h2-3,10H,4-9H2,1H3. The van der Waals surface area contributed by atoms with Crippen molar-refractivity contribution in [3.8, 4) is 5.75 Å². The lowest BCUT2D eigenvalue weighted by atomic mass is 10.3. The molecule has 1 aromatic rings. The third-order valence-corrected chi connectivity index (χ3v) is 5.27. The summed E-state index contributed by atoms with van der Waals surface area (Å²) in [6.45, 7) is 5.29. The molecule has 0 N–H and O–H groups in total. The van der Waals surface area contributed by atoms with Gasteiger partial charge in [0.15, 0.2) is 0 Å². The van der Waals surface area contributed by atoms with Crippen LogP contribution in [0.4, 0.5) is 0 Å². The molecule has 118 valence electrons. The molecule has 0 atom stereocenters. The molecule has 0 saturated carbocycles. The van der Waals surface area contributed by atoms with Crippen LogP contribution in [0.15, 0.2) is 27.6 Å². The Labute approximate surface area is 138 Å². The molecule has 1 aromatic carbocycles. The topological polar surface area (TPSA) is 49.9 Å². The van der Waals surface area contributed by atoms with Crippen LogP contribution in [-0.2, 0) is 9.05 Å². The van der Waals surface area contributed by atoms with Gasteiger partial charge in [0, 0.05) is 47.9 Å². The summed E-state index contributed by atoms with van der Waals surface area (Å²) in [6.07, 6.45) is 0. The van der Waals surface area contributed by atoms with Crippen LogP contribution < -0.4 is 4.74 Å². The summed E-state index contributed by atoms with van der Waals surface area (Å²) in [4.78, 5) is 4.58. The Morgan fingerprint density at radius 2 is 1.95 bits per heavy atom. The number of halogens is 2. The molecular formula is C13H18BrClN2O3S. The summed E-state index contributed by atoms with van der Waals surface area (Å²) in [7, 11) is 3.72. The van der Waals surface area contributed by atoms with E-state index in [1.54, 1.807) is 12.1 Å². The third kappa shape index (κ3) is 5.10. The minimum Gasteiger partial charge on any atom is -0.491 e. The second kappa shape index (κ2) is 7.28. The van der Waals surface area contributed by atoms with Crippen LogP contribution in [0.1, 0.15) is 0 Å². The number of benzene rings is 1. The first-order valence-electron chi connectivity index (χ1n) is 6.64. The molecule has 1 aliphatic heterocycles. The van der Waals surface area contributed by atoms with E-state index in [0.717, 1.165) is 32.7 Å². The predicted octanol–water partition coefficient (Wildman–Crippen LogP) is 2.00. The molecule has 0 amide bonds. The van der Waals surface area contributed by atoms with Crippen molar-refractivity contribution in [1.29, 1.82) is 0 Å². The van der Waals surface area contributed by atoms with E-state index in [9.17, 15) is 8.42 Å². The Balaban J connectivity index is 1.94. The molecule has 0 unspecified atom stereocenters. The number of nitrogens with zero attached hydrogens (tertiary/aromatic N) is 2. The zero-order chi connectivity index (χ0) is 15.5. The van der Waals surface area contributed by atoms with Crippen LogP contribution in [0, 0.1) is 0 Å². The van der Waals surface area contributed by atoms with Crippen LogP contribution in [-0.4, -0.2) is 64.6 Å². The summed E-state index contributed by atoms with van der Waals surface area (Å²) in [5.41, 5.74) is 0. The highest BCUT2D eigenvalue weighted by Gasteiger charge is 2.18. The molecule has 1 fully saturated rings. The smallest absolute Gasteiger partial charge is 0.265 e. The van der Waals surface area contributed by atoms with Crippen LogP contribution in [0.3, 0.4) is 0 Å². The number of hydrogen-bond donors (Lipinski definition) is 0. The SMILES string of the molecule is CN1CCN(CCOc2ccc(Br)cc2S(=O)(=O)Cl)CC1. The first-order valence-corrected chi connectivity index (χ1v) is 9.74. The van der Waals surface area contributed by atoms with Crippen molar-refractivity contribution in [3.63, 3.8) is 0 Å². The fourth-order valence-corrected chi connectivity index (χ4v) is 3.66. The largest absolute Gasteiger partial charge is 0.491 e. The molecule has 0 aromatic heterocycles. The molecule has 0 radical (unpaired) electrons. The minimum atomic E-state index is -3.82. The molecule has 1 aliphatic rings. The van der Waals surface area contributed by atoms with Gasteiger partial charge in [-0.2, -0.15) is 0 Å². The quantitative estimate of drug-likeness (QED) is 0.711. The lowest BCUT2D eigenvalue weighted by Gasteiger charge is -2.32. The zero-order valence-corrected chi connectivity index (χ0v) is 14.9.